The Balaban J connectivity index is 2.15. The summed E-state index contributed by atoms with van der Waals surface area (Å²) in [5, 5.41) is 0.814. The number of amides is 3. The van der Waals surface area contributed by atoms with E-state index in [2.05, 4.69) is 18.9 Å². The number of allylic oxidation sites excluding steroid dienone is 1. The average Bonchev–Trinajstić information content (AvgIpc) is 2.84. The highest BCUT2D eigenvalue weighted by Gasteiger charge is 2.37. The predicted molar refractivity (Wildman–Crippen MR) is 95.8 cm³/mol. The van der Waals surface area contributed by atoms with Gasteiger partial charge in [-0.3, -0.25) is 19.8 Å². The van der Waals surface area contributed by atoms with Gasteiger partial charge in [0.2, 0.25) is 5.91 Å². The maximum atomic E-state index is 12.5. The molecular formula is C19H25N3O3. The summed E-state index contributed by atoms with van der Waals surface area (Å²) in [6.07, 6.45) is 5.02. The van der Waals surface area contributed by atoms with Crippen LogP contribution in [0.25, 0.3) is 0 Å². The summed E-state index contributed by atoms with van der Waals surface area (Å²) in [4.78, 5) is 36.9. The van der Waals surface area contributed by atoms with Crippen LogP contribution in [0.5, 0.6) is 0 Å². The number of nitrogens with zero attached hydrogens (tertiary/aromatic N) is 1. The van der Waals surface area contributed by atoms with E-state index in [-0.39, 0.29) is 18.2 Å². The molecular weight excluding hydrogens is 318 g/mol. The van der Waals surface area contributed by atoms with Gasteiger partial charge in [0.15, 0.2) is 0 Å². The van der Waals surface area contributed by atoms with Crippen molar-refractivity contribution in [2.45, 2.75) is 44.9 Å². The van der Waals surface area contributed by atoms with Crippen LogP contribution in [-0.2, 0) is 4.79 Å². The minimum atomic E-state index is -0.490. The first-order valence-electron chi connectivity index (χ1n) is 8.66. The minimum absolute atomic E-state index is 0.235. The summed E-state index contributed by atoms with van der Waals surface area (Å²) in [5.74, 6) is -1.08. The van der Waals surface area contributed by atoms with Crippen molar-refractivity contribution in [1.29, 1.82) is 0 Å². The van der Waals surface area contributed by atoms with E-state index in [1.54, 1.807) is 18.2 Å². The monoisotopic (exact) mass is 343 g/mol. The lowest BCUT2D eigenvalue weighted by molar-refractivity contribution is -0.124. The SMILES string of the molecule is C=CCCCC(=O)NN1C(=O)c2ccc(C(CC)CCN)cc2C1=O. The molecule has 6 nitrogen and oxygen atoms in total. The van der Waals surface area contributed by atoms with Crippen LogP contribution in [0.15, 0.2) is 30.9 Å². The second-order valence-corrected chi connectivity index (χ2v) is 6.15. The summed E-state index contributed by atoms with van der Waals surface area (Å²) in [6.45, 7) is 6.23. The quantitative estimate of drug-likeness (QED) is 0.409. The van der Waals surface area contributed by atoms with Gasteiger partial charge in [-0.2, -0.15) is 5.01 Å². The van der Waals surface area contributed by atoms with Crippen molar-refractivity contribution >= 4 is 17.7 Å². The van der Waals surface area contributed by atoms with Crippen molar-refractivity contribution in [3.8, 4) is 0 Å². The zero-order chi connectivity index (χ0) is 18.4. The van der Waals surface area contributed by atoms with Crippen LogP contribution in [0.1, 0.15) is 71.2 Å². The Hall–Kier alpha value is -2.47. The molecule has 1 aliphatic heterocycles. The fourth-order valence-corrected chi connectivity index (χ4v) is 3.01. The third-order valence-corrected chi connectivity index (χ3v) is 4.44. The van der Waals surface area contributed by atoms with Crippen LogP contribution in [-0.4, -0.2) is 29.3 Å². The zero-order valence-electron chi connectivity index (χ0n) is 14.6. The van der Waals surface area contributed by atoms with Crippen molar-refractivity contribution in [3.05, 3.63) is 47.5 Å². The molecule has 1 atom stereocenters. The standard InChI is InChI=1S/C19H25N3O3/c1-3-5-6-7-17(23)21-22-18(24)15-9-8-14(12-16(15)19(22)25)13(4-2)10-11-20/h3,8-9,12-13H,1,4-7,10-11,20H2,2H3,(H,21,23). The molecule has 1 heterocycles. The summed E-state index contributed by atoms with van der Waals surface area (Å²) in [5.41, 5.74) is 9.71. The van der Waals surface area contributed by atoms with E-state index in [4.69, 9.17) is 5.73 Å². The second kappa shape index (κ2) is 8.58. The van der Waals surface area contributed by atoms with Crippen molar-refractivity contribution in [3.63, 3.8) is 0 Å². The predicted octanol–water partition coefficient (Wildman–Crippen LogP) is 2.51. The van der Waals surface area contributed by atoms with Crippen molar-refractivity contribution in [1.82, 2.24) is 10.4 Å². The Morgan fingerprint density at radius 2 is 2.04 bits per heavy atom. The van der Waals surface area contributed by atoms with Crippen molar-refractivity contribution < 1.29 is 14.4 Å². The third-order valence-electron chi connectivity index (χ3n) is 4.44. The number of hydrogen-bond acceptors (Lipinski definition) is 4. The molecule has 25 heavy (non-hydrogen) atoms. The lowest BCUT2D eigenvalue weighted by Crippen LogP contribution is -2.45. The molecule has 1 aromatic rings. The number of imide groups is 1. The fraction of sp³-hybridized carbons (Fsp3) is 0.421. The van der Waals surface area contributed by atoms with E-state index >= 15 is 0 Å². The number of benzene rings is 1. The highest BCUT2D eigenvalue weighted by atomic mass is 16.2. The molecule has 6 heteroatoms. The van der Waals surface area contributed by atoms with Crippen LogP contribution < -0.4 is 11.2 Å². The third kappa shape index (κ3) is 4.14. The molecule has 1 aromatic carbocycles. The van der Waals surface area contributed by atoms with E-state index in [9.17, 15) is 14.4 Å². The van der Waals surface area contributed by atoms with Crippen molar-refractivity contribution in [2.75, 3.05) is 6.54 Å². The maximum absolute atomic E-state index is 12.5. The largest absolute Gasteiger partial charge is 0.330 e. The summed E-state index contributed by atoms with van der Waals surface area (Å²) < 4.78 is 0. The van der Waals surface area contributed by atoms with Crippen LogP contribution in [0, 0.1) is 0 Å². The van der Waals surface area contributed by atoms with Gasteiger partial charge in [0.1, 0.15) is 0 Å². The van der Waals surface area contributed by atoms with E-state index in [0.717, 1.165) is 23.4 Å². The molecule has 134 valence electrons. The smallest absolute Gasteiger partial charge is 0.280 e. The molecule has 3 N–H and O–H groups in total. The van der Waals surface area contributed by atoms with Crippen LogP contribution in [0.2, 0.25) is 0 Å². The normalized spacial score (nSPS) is 14.4. The lowest BCUT2D eigenvalue weighted by Gasteiger charge is -2.15. The Morgan fingerprint density at radius 3 is 2.68 bits per heavy atom. The number of hydrazine groups is 1. The Labute approximate surface area is 148 Å². The van der Waals surface area contributed by atoms with E-state index in [1.807, 2.05) is 6.07 Å². The lowest BCUT2D eigenvalue weighted by atomic mass is 9.91. The molecule has 1 unspecified atom stereocenters. The molecule has 0 bridgehead atoms. The van der Waals surface area contributed by atoms with Crippen LogP contribution in [0.4, 0.5) is 0 Å². The number of carbonyl (C=O) groups is 3. The highest BCUT2D eigenvalue weighted by Crippen LogP contribution is 2.29. The van der Waals surface area contributed by atoms with E-state index in [0.29, 0.717) is 30.5 Å². The van der Waals surface area contributed by atoms with Crippen molar-refractivity contribution in [2.24, 2.45) is 5.73 Å². The van der Waals surface area contributed by atoms with Gasteiger partial charge in [-0.15, -0.1) is 6.58 Å². The molecule has 0 aromatic heterocycles. The second-order valence-electron chi connectivity index (χ2n) is 6.15. The van der Waals surface area contributed by atoms with Gasteiger partial charge in [-0.1, -0.05) is 19.1 Å². The Morgan fingerprint density at radius 1 is 1.32 bits per heavy atom. The van der Waals surface area contributed by atoms with Gasteiger partial charge in [0.05, 0.1) is 11.1 Å². The Bertz CT molecular complexity index is 684. The van der Waals surface area contributed by atoms with Gasteiger partial charge in [0.25, 0.3) is 11.8 Å². The number of nitrogens with one attached hydrogen (secondary N) is 1. The fourth-order valence-electron chi connectivity index (χ4n) is 3.01. The Kier molecular flexibility index (Phi) is 6.47. The molecule has 1 aliphatic rings. The topological polar surface area (TPSA) is 92.5 Å². The number of fused-ring (bicyclic) bond motifs is 1. The molecule has 0 saturated heterocycles. The van der Waals surface area contributed by atoms with Gasteiger partial charge < -0.3 is 5.73 Å². The molecule has 2 rings (SSSR count). The number of carbonyl (C=O) groups excluding carboxylic acids is 3. The molecule has 0 spiro atoms. The molecule has 0 saturated carbocycles. The van der Waals surface area contributed by atoms with Crippen LogP contribution in [0.3, 0.4) is 0 Å². The average molecular weight is 343 g/mol. The maximum Gasteiger partial charge on any atom is 0.280 e. The first kappa shape index (κ1) is 18.9. The summed E-state index contributed by atoms with van der Waals surface area (Å²) >= 11 is 0. The van der Waals surface area contributed by atoms with Gasteiger partial charge >= 0.3 is 0 Å². The highest BCUT2D eigenvalue weighted by molar-refractivity contribution is 6.21. The van der Waals surface area contributed by atoms with E-state index in [1.165, 1.54) is 0 Å². The summed E-state index contributed by atoms with van der Waals surface area (Å²) in [7, 11) is 0. The first-order chi connectivity index (χ1) is 12.0. The minimum Gasteiger partial charge on any atom is -0.330 e. The summed E-state index contributed by atoms with van der Waals surface area (Å²) in [6, 6.07) is 5.28. The number of nitrogens with two attached hydrogens (primary N) is 1. The molecule has 3 amide bonds. The van der Waals surface area contributed by atoms with Crippen LogP contribution >= 0.6 is 0 Å². The number of rotatable bonds is 9. The number of hydrogen-bond donors (Lipinski definition) is 2. The first-order valence-corrected chi connectivity index (χ1v) is 8.66. The van der Waals surface area contributed by atoms with Gasteiger partial charge in [-0.25, -0.2) is 0 Å². The van der Waals surface area contributed by atoms with Gasteiger partial charge in [0, 0.05) is 6.42 Å². The van der Waals surface area contributed by atoms with Gasteiger partial charge in [-0.05, 0) is 55.8 Å². The zero-order valence-corrected chi connectivity index (χ0v) is 14.6. The number of unbranched alkanes of at least 4 members (excludes halogenated alkanes) is 1. The molecule has 0 aliphatic carbocycles. The molecule has 0 fully saturated rings. The van der Waals surface area contributed by atoms with E-state index < -0.39 is 11.8 Å². The molecule has 0 radical (unpaired) electrons.